The minimum Gasteiger partial charge on any atom is -0.331 e. The van der Waals surface area contributed by atoms with E-state index in [1.807, 2.05) is 0 Å². The first-order valence-electron chi connectivity index (χ1n) is 6.03. The molecule has 4 nitrogen and oxygen atoms in total. The number of nitriles is 1. The first kappa shape index (κ1) is 14.4. The Bertz CT molecular complexity index is 275. The minimum absolute atomic E-state index is 0.402. The van der Waals surface area contributed by atoms with Gasteiger partial charge in [-0.05, 0) is 24.7 Å². The lowest BCUT2D eigenvalue weighted by Gasteiger charge is -2.34. The molecule has 1 fully saturated rings. The summed E-state index contributed by atoms with van der Waals surface area (Å²) in [6, 6.07) is 2.46. The van der Waals surface area contributed by atoms with Gasteiger partial charge in [-0.3, -0.25) is 0 Å². The molecule has 2 unspecified atom stereocenters. The summed E-state index contributed by atoms with van der Waals surface area (Å²) in [5.41, 5.74) is -0.402. The Morgan fingerprint density at radius 1 is 1.12 bits per heavy atom. The van der Waals surface area contributed by atoms with Gasteiger partial charge in [-0.15, -0.1) is 0 Å². The molecular formula is C13H23NO3. The maximum absolute atomic E-state index is 9.49. The molecule has 4 heteroatoms. The van der Waals surface area contributed by atoms with Crippen molar-refractivity contribution in [3.8, 4) is 6.07 Å². The van der Waals surface area contributed by atoms with E-state index >= 15 is 0 Å². The fraction of sp³-hybridized carbons (Fsp3) is 0.923. The van der Waals surface area contributed by atoms with Crippen molar-refractivity contribution in [3.05, 3.63) is 0 Å². The Morgan fingerprint density at radius 3 is 1.82 bits per heavy atom. The van der Waals surface area contributed by atoms with Gasteiger partial charge in [0.1, 0.15) is 0 Å². The van der Waals surface area contributed by atoms with E-state index in [0.717, 1.165) is 12.8 Å². The van der Waals surface area contributed by atoms with Crippen LogP contribution in [-0.2, 0) is 14.2 Å². The van der Waals surface area contributed by atoms with Gasteiger partial charge >= 0.3 is 0 Å². The zero-order valence-corrected chi connectivity index (χ0v) is 11.4. The lowest BCUT2D eigenvalue weighted by Crippen LogP contribution is -2.41. The number of nitrogens with zero attached hydrogens (tertiary/aromatic N) is 1. The highest BCUT2D eigenvalue weighted by Crippen LogP contribution is 2.49. The van der Waals surface area contributed by atoms with E-state index in [1.165, 1.54) is 0 Å². The summed E-state index contributed by atoms with van der Waals surface area (Å²) in [5.74, 6) is 0.00955. The first-order chi connectivity index (χ1) is 7.96. The molecule has 98 valence electrons. The lowest BCUT2D eigenvalue weighted by atomic mass is 9.82. The number of methoxy groups -OCH3 is 3. The van der Waals surface area contributed by atoms with E-state index in [9.17, 15) is 5.26 Å². The third-order valence-corrected chi connectivity index (χ3v) is 4.12. The van der Waals surface area contributed by atoms with E-state index in [-0.39, 0.29) is 0 Å². The van der Waals surface area contributed by atoms with Gasteiger partial charge in [0.25, 0.3) is 5.97 Å². The standard InChI is InChI=1S/C13H23NO3/c1-10-6-12(9-14,7-11(10)2)8-13(15-3,16-4)17-5/h10-11H,6-8H2,1-5H3. The van der Waals surface area contributed by atoms with Crippen LogP contribution in [0.3, 0.4) is 0 Å². The molecule has 0 aliphatic heterocycles. The van der Waals surface area contributed by atoms with Crippen molar-refractivity contribution in [2.75, 3.05) is 21.3 Å². The highest BCUT2D eigenvalue weighted by atomic mass is 16.9. The minimum atomic E-state index is -1.10. The van der Waals surface area contributed by atoms with Crippen LogP contribution in [0.1, 0.15) is 33.1 Å². The molecule has 0 aromatic rings. The normalized spacial score (nSPS) is 33.6. The van der Waals surface area contributed by atoms with E-state index in [4.69, 9.17) is 14.2 Å². The molecule has 0 aromatic heterocycles. The monoisotopic (exact) mass is 241 g/mol. The smallest absolute Gasteiger partial charge is 0.283 e. The zero-order valence-electron chi connectivity index (χ0n) is 11.4. The number of ether oxygens (including phenoxy) is 3. The second-order valence-electron chi connectivity index (χ2n) is 5.23. The summed E-state index contributed by atoms with van der Waals surface area (Å²) in [6.45, 7) is 4.38. The van der Waals surface area contributed by atoms with Crippen LogP contribution in [0.2, 0.25) is 0 Å². The Hall–Kier alpha value is -0.630. The van der Waals surface area contributed by atoms with Crippen molar-refractivity contribution in [1.82, 2.24) is 0 Å². The van der Waals surface area contributed by atoms with Crippen LogP contribution in [-0.4, -0.2) is 27.3 Å². The van der Waals surface area contributed by atoms with Crippen LogP contribution in [0.25, 0.3) is 0 Å². The maximum atomic E-state index is 9.49. The van der Waals surface area contributed by atoms with Crippen molar-refractivity contribution in [1.29, 1.82) is 5.26 Å². The van der Waals surface area contributed by atoms with Crippen LogP contribution in [0.5, 0.6) is 0 Å². The maximum Gasteiger partial charge on any atom is 0.283 e. The number of hydrogen-bond acceptors (Lipinski definition) is 4. The van der Waals surface area contributed by atoms with Gasteiger partial charge in [-0.1, -0.05) is 13.8 Å². The first-order valence-corrected chi connectivity index (χ1v) is 6.03. The summed E-state index contributed by atoms with van der Waals surface area (Å²) >= 11 is 0. The molecular weight excluding hydrogens is 218 g/mol. The molecule has 1 aliphatic rings. The average molecular weight is 241 g/mol. The lowest BCUT2D eigenvalue weighted by molar-refractivity contribution is -0.362. The molecule has 0 heterocycles. The summed E-state index contributed by atoms with van der Waals surface area (Å²) in [4.78, 5) is 0. The molecule has 0 N–H and O–H groups in total. The Balaban J connectivity index is 2.87. The number of rotatable bonds is 5. The molecule has 2 atom stereocenters. The highest BCUT2D eigenvalue weighted by Gasteiger charge is 2.48. The van der Waals surface area contributed by atoms with E-state index < -0.39 is 11.4 Å². The van der Waals surface area contributed by atoms with Gasteiger partial charge in [0.15, 0.2) is 0 Å². The summed E-state index contributed by atoms with van der Waals surface area (Å²) in [7, 11) is 4.62. The summed E-state index contributed by atoms with van der Waals surface area (Å²) in [6.07, 6.45) is 2.21. The molecule has 17 heavy (non-hydrogen) atoms. The molecule has 0 spiro atoms. The van der Waals surface area contributed by atoms with Crippen LogP contribution in [0, 0.1) is 28.6 Å². The highest BCUT2D eigenvalue weighted by molar-refractivity contribution is 5.06. The van der Waals surface area contributed by atoms with Crippen LogP contribution < -0.4 is 0 Å². The molecule has 0 amide bonds. The van der Waals surface area contributed by atoms with Crippen molar-refractivity contribution in [2.24, 2.45) is 17.3 Å². The van der Waals surface area contributed by atoms with Gasteiger partial charge in [0.2, 0.25) is 0 Å². The molecule has 0 radical (unpaired) electrons. The predicted octanol–water partition coefficient (Wildman–Crippen LogP) is 2.55. The van der Waals surface area contributed by atoms with Crippen LogP contribution in [0.4, 0.5) is 0 Å². The molecule has 0 bridgehead atoms. The fourth-order valence-electron chi connectivity index (χ4n) is 2.87. The molecule has 0 saturated heterocycles. The van der Waals surface area contributed by atoms with Gasteiger partial charge < -0.3 is 14.2 Å². The SMILES string of the molecule is COC(CC1(C#N)CC(C)C(C)C1)(OC)OC. The van der Waals surface area contributed by atoms with Crippen molar-refractivity contribution in [3.63, 3.8) is 0 Å². The van der Waals surface area contributed by atoms with E-state index in [1.54, 1.807) is 21.3 Å². The average Bonchev–Trinajstić information content (AvgIpc) is 2.63. The quantitative estimate of drug-likeness (QED) is 0.694. The van der Waals surface area contributed by atoms with Crippen molar-refractivity contribution < 1.29 is 14.2 Å². The Labute approximate surface area is 104 Å². The van der Waals surface area contributed by atoms with Crippen LogP contribution >= 0.6 is 0 Å². The fourth-order valence-corrected chi connectivity index (χ4v) is 2.87. The Kier molecular flexibility index (Phi) is 4.54. The van der Waals surface area contributed by atoms with Gasteiger partial charge in [0.05, 0.1) is 11.5 Å². The van der Waals surface area contributed by atoms with Gasteiger partial charge in [-0.2, -0.15) is 5.26 Å². The van der Waals surface area contributed by atoms with Crippen molar-refractivity contribution in [2.45, 2.75) is 39.1 Å². The predicted molar refractivity (Wildman–Crippen MR) is 64.0 cm³/mol. The van der Waals surface area contributed by atoms with E-state index in [0.29, 0.717) is 18.3 Å². The summed E-state index contributed by atoms with van der Waals surface area (Å²) in [5, 5.41) is 9.49. The number of hydrogen-bond donors (Lipinski definition) is 0. The second-order valence-corrected chi connectivity index (χ2v) is 5.23. The molecule has 0 aromatic carbocycles. The topological polar surface area (TPSA) is 51.5 Å². The zero-order chi connectivity index (χ0) is 13.1. The van der Waals surface area contributed by atoms with Gasteiger partial charge in [0, 0.05) is 27.8 Å². The summed E-state index contributed by atoms with van der Waals surface area (Å²) < 4.78 is 15.9. The third kappa shape index (κ3) is 2.79. The van der Waals surface area contributed by atoms with E-state index in [2.05, 4.69) is 19.9 Å². The second kappa shape index (κ2) is 5.34. The molecule has 1 saturated carbocycles. The largest absolute Gasteiger partial charge is 0.331 e. The Morgan fingerprint density at radius 2 is 1.53 bits per heavy atom. The van der Waals surface area contributed by atoms with Gasteiger partial charge in [-0.25, -0.2) is 0 Å². The van der Waals surface area contributed by atoms with Crippen LogP contribution in [0.15, 0.2) is 0 Å². The molecule has 1 rings (SSSR count). The van der Waals surface area contributed by atoms with Crippen molar-refractivity contribution >= 4 is 0 Å². The molecule has 1 aliphatic carbocycles. The third-order valence-electron chi connectivity index (χ3n) is 4.12.